The predicted molar refractivity (Wildman–Crippen MR) is 175 cm³/mol. The highest BCUT2D eigenvalue weighted by molar-refractivity contribution is 6.38. The number of hydrogen-bond donors (Lipinski definition) is 5. The number of Topliss-reactive ketones (excluding diaryl/α,β-unsaturated/α-hetero) is 1. The van der Waals surface area contributed by atoms with Crippen molar-refractivity contribution >= 4 is 29.4 Å². The van der Waals surface area contributed by atoms with Crippen LogP contribution in [0.15, 0.2) is 30.3 Å². The Morgan fingerprint density at radius 2 is 1.63 bits per heavy atom. The van der Waals surface area contributed by atoms with Gasteiger partial charge in [-0.25, -0.2) is 0 Å². The summed E-state index contributed by atoms with van der Waals surface area (Å²) in [4.78, 5) is 68.8. The van der Waals surface area contributed by atoms with Crippen LogP contribution >= 0.6 is 0 Å². The average Bonchev–Trinajstić information content (AvgIpc) is 3.72. The van der Waals surface area contributed by atoms with Crippen molar-refractivity contribution in [2.24, 2.45) is 28.9 Å². The highest BCUT2D eigenvalue weighted by Gasteiger charge is 2.45. The zero-order chi connectivity index (χ0) is 34.3. The number of carbonyl (C=O) groups excluding carboxylic acids is 5. The Hall–Kier alpha value is -3.35. The summed E-state index contributed by atoms with van der Waals surface area (Å²) in [5.74, 6) is -2.48. The number of nitrogens with zero attached hydrogens (tertiary/aromatic N) is 2. The van der Waals surface area contributed by atoms with Crippen LogP contribution in [-0.2, 0) is 24.0 Å². The minimum absolute atomic E-state index is 0.163. The highest BCUT2D eigenvalue weighted by Crippen LogP contribution is 2.35. The van der Waals surface area contributed by atoms with Crippen LogP contribution in [0.25, 0.3) is 0 Å². The van der Waals surface area contributed by atoms with Crippen LogP contribution in [0.5, 0.6) is 0 Å². The topological polar surface area (TPSA) is 174 Å². The molecule has 3 rings (SSSR count). The van der Waals surface area contributed by atoms with E-state index in [1.54, 1.807) is 49.3 Å². The molecular weight excluding hydrogens is 588 g/mol. The number of likely N-dealkylation sites (N-methyl/N-ethyl adjacent to an activating group) is 1. The maximum absolute atomic E-state index is 13.8. The lowest BCUT2D eigenvalue weighted by atomic mass is 9.86. The fourth-order valence-corrected chi connectivity index (χ4v) is 5.99. The minimum atomic E-state index is -1.07. The van der Waals surface area contributed by atoms with E-state index in [9.17, 15) is 29.1 Å². The molecular formula is C34H54N6O6. The van der Waals surface area contributed by atoms with Gasteiger partial charge in [-0.15, -0.1) is 0 Å². The van der Waals surface area contributed by atoms with Gasteiger partial charge in [-0.3, -0.25) is 28.9 Å². The molecule has 6 unspecified atom stereocenters. The van der Waals surface area contributed by atoms with E-state index in [1.807, 2.05) is 20.8 Å². The van der Waals surface area contributed by atoms with Crippen LogP contribution < -0.4 is 21.7 Å². The number of carbonyl (C=O) groups is 5. The first-order valence-electron chi connectivity index (χ1n) is 16.4. The van der Waals surface area contributed by atoms with E-state index in [2.05, 4.69) is 29.8 Å². The lowest BCUT2D eigenvalue weighted by Crippen LogP contribution is -2.59. The smallest absolute Gasteiger partial charge is 0.290 e. The normalized spacial score (nSPS) is 21.2. The number of ketones is 1. The molecule has 4 amide bonds. The van der Waals surface area contributed by atoms with Gasteiger partial charge in [0.05, 0.1) is 18.6 Å². The summed E-state index contributed by atoms with van der Waals surface area (Å²) in [6.07, 6.45) is 2.42. The van der Waals surface area contributed by atoms with Gasteiger partial charge in [0.25, 0.3) is 5.91 Å². The second-order valence-electron chi connectivity index (χ2n) is 14.7. The second-order valence-corrected chi connectivity index (χ2v) is 14.7. The summed E-state index contributed by atoms with van der Waals surface area (Å²) >= 11 is 0. The first-order chi connectivity index (χ1) is 21.5. The van der Waals surface area contributed by atoms with Crippen LogP contribution in [0, 0.1) is 23.2 Å². The van der Waals surface area contributed by atoms with Gasteiger partial charge >= 0.3 is 0 Å². The number of hydrogen-bond acceptors (Lipinski definition) is 8. The number of likely N-dealkylation sites (tertiary alicyclic amines) is 1. The molecule has 1 aliphatic carbocycles. The molecule has 1 aromatic carbocycles. The summed E-state index contributed by atoms with van der Waals surface area (Å²) in [6, 6.07) is 5.36. The summed E-state index contributed by atoms with van der Waals surface area (Å²) in [7, 11) is 3.15. The van der Waals surface area contributed by atoms with Crippen LogP contribution in [0.1, 0.15) is 78.3 Å². The number of amides is 4. The molecule has 0 spiro atoms. The molecule has 1 aromatic rings. The summed E-state index contributed by atoms with van der Waals surface area (Å²) in [6.45, 7) is 10.00. The Morgan fingerprint density at radius 1 is 1.00 bits per heavy atom. The number of rotatable bonds is 15. The van der Waals surface area contributed by atoms with Crippen molar-refractivity contribution in [2.45, 2.75) is 97.1 Å². The van der Waals surface area contributed by atoms with E-state index in [-0.39, 0.29) is 17.7 Å². The zero-order valence-corrected chi connectivity index (χ0v) is 28.4. The zero-order valence-electron chi connectivity index (χ0n) is 28.4. The van der Waals surface area contributed by atoms with E-state index in [0.29, 0.717) is 30.9 Å². The molecule has 1 saturated carbocycles. The Morgan fingerprint density at radius 3 is 2.17 bits per heavy atom. The fraction of sp³-hybridized carbons (Fsp3) is 0.676. The average molecular weight is 643 g/mol. The molecule has 1 saturated heterocycles. The standard InChI is InChI=1S/C34H54N6O6/c1-20(2)15-22-17-25(40(19-22)33(46)29(35)34(3,4)5)30(43)37-24(16-21-13-14-21)28(42)31(44)36-18-26(41)38-27(32(45)39(6)7)23-11-9-8-10-12-23/h8-12,20-22,24-25,27,29,33,46H,13-19,35H2,1-7H3,(H,36,44)(H,37,43)(H,38,41). The summed E-state index contributed by atoms with van der Waals surface area (Å²) < 4.78 is 0. The lowest BCUT2D eigenvalue weighted by molar-refractivity contribution is -0.142. The second kappa shape index (κ2) is 16.0. The van der Waals surface area contributed by atoms with Gasteiger partial charge < -0.3 is 31.7 Å². The number of nitrogens with two attached hydrogens (primary N) is 1. The largest absolute Gasteiger partial charge is 0.377 e. The molecule has 12 heteroatoms. The Bertz CT molecular complexity index is 1230. The molecule has 6 atom stereocenters. The molecule has 1 aliphatic heterocycles. The van der Waals surface area contributed by atoms with E-state index in [1.165, 1.54) is 4.90 Å². The van der Waals surface area contributed by atoms with Gasteiger partial charge in [0, 0.05) is 26.7 Å². The number of nitrogens with one attached hydrogen (secondary N) is 3. The Kier molecular flexibility index (Phi) is 12.9. The maximum atomic E-state index is 13.8. The Labute approximate surface area is 273 Å². The van der Waals surface area contributed by atoms with E-state index in [0.717, 1.165) is 19.3 Å². The lowest BCUT2D eigenvalue weighted by Gasteiger charge is -2.38. The first-order valence-corrected chi connectivity index (χ1v) is 16.4. The molecule has 0 aromatic heterocycles. The molecule has 0 radical (unpaired) electrons. The minimum Gasteiger partial charge on any atom is -0.377 e. The molecule has 256 valence electrons. The van der Waals surface area contributed by atoms with Gasteiger partial charge in [-0.2, -0.15) is 0 Å². The molecule has 6 N–H and O–H groups in total. The van der Waals surface area contributed by atoms with Crippen molar-refractivity contribution in [3.8, 4) is 0 Å². The van der Waals surface area contributed by atoms with Gasteiger partial charge in [-0.1, -0.05) is 77.8 Å². The van der Waals surface area contributed by atoms with Crippen molar-refractivity contribution in [3.63, 3.8) is 0 Å². The van der Waals surface area contributed by atoms with Crippen molar-refractivity contribution in [2.75, 3.05) is 27.2 Å². The number of benzene rings is 1. The first kappa shape index (κ1) is 37.1. The summed E-state index contributed by atoms with van der Waals surface area (Å²) in [5, 5.41) is 19.1. The van der Waals surface area contributed by atoms with Gasteiger partial charge in [0.15, 0.2) is 0 Å². The van der Waals surface area contributed by atoms with E-state index >= 15 is 0 Å². The molecule has 0 bridgehead atoms. The molecule has 12 nitrogen and oxygen atoms in total. The van der Waals surface area contributed by atoms with Crippen molar-refractivity contribution in [3.05, 3.63) is 35.9 Å². The van der Waals surface area contributed by atoms with Crippen LogP contribution in [0.3, 0.4) is 0 Å². The Balaban J connectivity index is 1.68. The maximum Gasteiger partial charge on any atom is 0.290 e. The van der Waals surface area contributed by atoms with Gasteiger partial charge in [0.1, 0.15) is 12.3 Å². The van der Waals surface area contributed by atoms with Crippen molar-refractivity contribution < 1.29 is 29.1 Å². The van der Waals surface area contributed by atoms with Crippen molar-refractivity contribution in [1.29, 1.82) is 0 Å². The fourth-order valence-electron chi connectivity index (χ4n) is 5.99. The quantitative estimate of drug-likeness (QED) is 0.178. The monoisotopic (exact) mass is 642 g/mol. The highest BCUT2D eigenvalue weighted by atomic mass is 16.3. The SMILES string of the molecule is CC(C)CC1CC(C(=O)NC(CC2CC2)C(=O)C(=O)NCC(=O)NC(C(=O)N(C)C)c2ccccc2)N(C(O)C(N)C(C)(C)C)C1. The number of aliphatic hydroxyl groups excluding tert-OH is 1. The number of aliphatic hydroxyl groups is 1. The molecule has 1 heterocycles. The van der Waals surface area contributed by atoms with Crippen LogP contribution in [0.4, 0.5) is 0 Å². The van der Waals surface area contributed by atoms with Gasteiger partial charge in [-0.05, 0) is 48.0 Å². The third-order valence-electron chi connectivity index (χ3n) is 8.85. The van der Waals surface area contributed by atoms with Crippen LogP contribution in [0.2, 0.25) is 0 Å². The molecule has 2 aliphatic rings. The molecule has 2 fully saturated rings. The van der Waals surface area contributed by atoms with Crippen molar-refractivity contribution in [1.82, 2.24) is 25.8 Å². The third-order valence-corrected chi connectivity index (χ3v) is 8.85. The third kappa shape index (κ3) is 10.3. The van der Waals surface area contributed by atoms with E-state index in [4.69, 9.17) is 5.73 Å². The summed E-state index contributed by atoms with van der Waals surface area (Å²) in [5.41, 5.74) is 6.58. The van der Waals surface area contributed by atoms with Crippen LogP contribution in [-0.4, -0.2) is 95.9 Å². The van der Waals surface area contributed by atoms with Gasteiger partial charge in [0.2, 0.25) is 23.5 Å². The van der Waals surface area contributed by atoms with E-state index < -0.39 is 65.9 Å². The predicted octanol–water partition coefficient (Wildman–Crippen LogP) is 1.33. The molecule has 46 heavy (non-hydrogen) atoms.